The molecule has 0 aliphatic carbocycles. The molecule has 1 amide bonds. The Kier molecular flexibility index (Phi) is 8.12. The second-order valence-electron chi connectivity index (χ2n) is 3.99. The standard InChI is InChI=1S/C14H16BrClN2O2/c1-18(9-7-15)8-2-3-10-20-14(19)17-13-6-4-5-12(16)11-13/h4-6,11H,7-10H2,1H3,(H,17,19). The van der Waals surface area contributed by atoms with Gasteiger partial charge in [0.05, 0.1) is 6.54 Å². The van der Waals surface area contributed by atoms with Crippen molar-refractivity contribution in [2.24, 2.45) is 0 Å². The van der Waals surface area contributed by atoms with Crippen LogP contribution in [0.1, 0.15) is 0 Å². The van der Waals surface area contributed by atoms with E-state index in [1.807, 2.05) is 7.05 Å². The number of amides is 1. The maximum Gasteiger partial charge on any atom is 0.412 e. The first-order valence-electron chi connectivity index (χ1n) is 6.01. The van der Waals surface area contributed by atoms with E-state index >= 15 is 0 Å². The smallest absolute Gasteiger partial charge is 0.412 e. The summed E-state index contributed by atoms with van der Waals surface area (Å²) in [5, 5.41) is 4.03. The number of nitrogens with one attached hydrogen (secondary N) is 1. The number of rotatable bonds is 5. The van der Waals surface area contributed by atoms with Gasteiger partial charge in [0.15, 0.2) is 6.61 Å². The number of anilines is 1. The van der Waals surface area contributed by atoms with E-state index in [0.717, 1.165) is 11.9 Å². The maximum atomic E-state index is 11.5. The van der Waals surface area contributed by atoms with Crippen molar-refractivity contribution < 1.29 is 9.53 Å². The van der Waals surface area contributed by atoms with Gasteiger partial charge < -0.3 is 4.74 Å². The number of nitrogens with zero attached hydrogens (tertiary/aromatic N) is 1. The summed E-state index contributed by atoms with van der Waals surface area (Å²) in [6.07, 6.45) is -0.546. The average Bonchev–Trinajstić information content (AvgIpc) is 2.38. The molecule has 0 aliphatic rings. The topological polar surface area (TPSA) is 41.6 Å². The van der Waals surface area contributed by atoms with Gasteiger partial charge in [-0.1, -0.05) is 45.4 Å². The third-order valence-electron chi connectivity index (χ3n) is 2.29. The summed E-state index contributed by atoms with van der Waals surface area (Å²) in [5.74, 6) is 5.71. The molecule has 1 rings (SSSR count). The lowest BCUT2D eigenvalue weighted by molar-refractivity contribution is 0.176. The molecule has 0 saturated heterocycles. The zero-order valence-electron chi connectivity index (χ0n) is 11.2. The minimum absolute atomic E-state index is 0.0640. The molecule has 0 atom stereocenters. The van der Waals surface area contributed by atoms with Crippen LogP contribution in [-0.4, -0.2) is 43.1 Å². The molecule has 1 aromatic carbocycles. The number of alkyl halides is 1. The fourth-order valence-corrected chi connectivity index (χ4v) is 2.08. The van der Waals surface area contributed by atoms with Crippen LogP contribution in [0.25, 0.3) is 0 Å². The van der Waals surface area contributed by atoms with Crippen molar-refractivity contribution in [3.63, 3.8) is 0 Å². The number of halogens is 2. The third kappa shape index (κ3) is 7.39. The van der Waals surface area contributed by atoms with Gasteiger partial charge in [-0.3, -0.25) is 10.2 Å². The monoisotopic (exact) mass is 358 g/mol. The lowest BCUT2D eigenvalue weighted by atomic mass is 10.3. The summed E-state index contributed by atoms with van der Waals surface area (Å²) < 4.78 is 4.93. The van der Waals surface area contributed by atoms with Gasteiger partial charge in [0, 0.05) is 22.6 Å². The Bertz CT molecular complexity index is 499. The van der Waals surface area contributed by atoms with Crippen LogP contribution in [0.15, 0.2) is 24.3 Å². The van der Waals surface area contributed by atoms with Gasteiger partial charge in [-0.25, -0.2) is 4.79 Å². The van der Waals surface area contributed by atoms with Gasteiger partial charge in [0.25, 0.3) is 0 Å². The predicted molar refractivity (Wildman–Crippen MR) is 85.5 cm³/mol. The lowest BCUT2D eigenvalue weighted by Gasteiger charge is -2.09. The van der Waals surface area contributed by atoms with Gasteiger partial charge in [-0.2, -0.15) is 0 Å². The molecular weight excluding hydrogens is 344 g/mol. The molecule has 0 bridgehead atoms. The quantitative estimate of drug-likeness (QED) is 0.648. The Balaban J connectivity index is 2.25. The maximum absolute atomic E-state index is 11.5. The van der Waals surface area contributed by atoms with E-state index in [2.05, 4.69) is 38.0 Å². The van der Waals surface area contributed by atoms with E-state index in [9.17, 15) is 4.79 Å². The first-order valence-corrected chi connectivity index (χ1v) is 7.51. The Morgan fingerprint density at radius 3 is 3.00 bits per heavy atom. The minimum atomic E-state index is -0.546. The molecule has 0 fully saturated rings. The summed E-state index contributed by atoms with van der Waals surface area (Å²) in [5.41, 5.74) is 0.590. The van der Waals surface area contributed by atoms with E-state index in [0.29, 0.717) is 17.3 Å². The number of ether oxygens (including phenoxy) is 1. The molecule has 0 heterocycles. The van der Waals surface area contributed by atoms with Crippen molar-refractivity contribution in [2.45, 2.75) is 0 Å². The van der Waals surface area contributed by atoms with Crippen molar-refractivity contribution in [3.05, 3.63) is 29.3 Å². The third-order valence-corrected chi connectivity index (χ3v) is 2.88. The second-order valence-corrected chi connectivity index (χ2v) is 5.22. The molecule has 0 saturated carbocycles. The van der Waals surface area contributed by atoms with Gasteiger partial charge in [-0.15, -0.1) is 0 Å². The van der Waals surface area contributed by atoms with Gasteiger partial charge in [0.1, 0.15) is 0 Å². The van der Waals surface area contributed by atoms with Crippen LogP contribution >= 0.6 is 27.5 Å². The van der Waals surface area contributed by atoms with Crippen LogP contribution in [0.5, 0.6) is 0 Å². The summed E-state index contributed by atoms with van der Waals surface area (Å²) in [6, 6.07) is 6.85. The molecule has 1 aromatic rings. The fraction of sp³-hybridized carbons (Fsp3) is 0.357. The van der Waals surface area contributed by atoms with Crippen LogP contribution in [0.4, 0.5) is 10.5 Å². The molecule has 20 heavy (non-hydrogen) atoms. The van der Waals surface area contributed by atoms with Crippen molar-refractivity contribution in [2.75, 3.05) is 37.4 Å². The van der Waals surface area contributed by atoms with Gasteiger partial charge >= 0.3 is 6.09 Å². The Hall–Kier alpha value is -1.22. The molecule has 0 aromatic heterocycles. The molecule has 0 aliphatic heterocycles. The van der Waals surface area contributed by atoms with Crippen molar-refractivity contribution in [1.82, 2.24) is 4.90 Å². The van der Waals surface area contributed by atoms with E-state index < -0.39 is 6.09 Å². The molecule has 6 heteroatoms. The Morgan fingerprint density at radius 1 is 1.50 bits per heavy atom. The number of carbonyl (C=O) groups is 1. The number of hydrogen-bond donors (Lipinski definition) is 1. The van der Waals surface area contributed by atoms with E-state index in [1.54, 1.807) is 24.3 Å². The Morgan fingerprint density at radius 2 is 2.30 bits per heavy atom. The molecule has 0 spiro atoms. The highest BCUT2D eigenvalue weighted by Crippen LogP contribution is 2.14. The summed E-state index contributed by atoms with van der Waals surface area (Å²) in [4.78, 5) is 13.5. The van der Waals surface area contributed by atoms with Gasteiger partial charge in [0.2, 0.25) is 0 Å². The average molecular weight is 360 g/mol. The number of carbonyl (C=O) groups excluding carboxylic acids is 1. The van der Waals surface area contributed by atoms with Crippen LogP contribution in [0, 0.1) is 11.8 Å². The normalized spacial score (nSPS) is 9.80. The number of hydrogen-bond acceptors (Lipinski definition) is 3. The molecular formula is C14H16BrClN2O2. The van der Waals surface area contributed by atoms with E-state index in [1.165, 1.54) is 0 Å². The SMILES string of the molecule is CN(CC#CCOC(=O)Nc1cccc(Cl)c1)CCBr. The van der Waals surface area contributed by atoms with Crippen molar-refractivity contribution >= 4 is 39.3 Å². The highest BCUT2D eigenvalue weighted by atomic mass is 79.9. The molecule has 4 nitrogen and oxygen atoms in total. The minimum Gasteiger partial charge on any atom is -0.436 e. The largest absolute Gasteiger partial charge is 0.436 e. The highest BCUT2D eigenvalue weighted by Gasteiger charge is 2.01. The predicted octanol–water partition coefficient (Wildman–Crippen LogP) is 3.22. The molecule has 0 unspecified atom stereocenters. The second kappa shape index (κ2) is 9.65. The van der Waals surface area contributed by atoms with Crippen LogP contribution < -0.4 is 5.32 Å². The Labute approximate surface area is 132 Å². The summed E-state index contributed by atoms with van der Waals surface area (Å²) in [7, 11) is 1.97. The number of benzene rings is 1. The zero-order valence-corrected chi connectivity index (χ0v) is 13.5. The highest BCUT2D eigenvalue weighted by molar-refractivity contribution is 9.09. The lowest BCUT2D eigenvalue weighted by Crippen LogP contribution is -2.20. The molecule has 1 N–H and O–H groups in total. The fourth-order valence-electron chi connectivity index (χ4n) is 1.29. The van der Waals surface area contributed by atoms with E-state index in [4.69, 9.17) is 16.3 Å². The van der Waals surface area contributed by atoms with Crippen LogP contribution in [0.3, 0.4) is 0 Å². The first kappa shape index (κ1) is 16.8. The summed E-state index contributed by atoms with van der Waals surface area (Å²) in [6.45, 7) is 1.63. The zero-order chi connectivity index (χ0) is 14.8. The van der Waals surface area contributed by atoms with E-state index in [-0.39, 0.29) is 6.61 Å². The molecule has 0 radical (unpaired) electrons. The van der Waals surface area contributed by atoms with Crippen molar-refractivity contribution in [3.8, 4) is 11.8 Å². The van der Waals surface area contributed by atoms with Crippen molar-refractivity contribution in [1.29, 1.82) is 0 Å². The van der Waals surface area contributed by atoms with Crippen LogP contribution in [0.2, 0.25) is 5.02 Å². The first-order chi connectivity index (χ1) is 9.61. The molecule has 108 valence electrons. The van der Waals surface area contributed by atoms with Crippen LogP contribution in [-0.2, 0) is 4.74 Å². The van der Waals surface area contributed by atoms with Gasteiger partial charge in [-0.05, 0) is 25.2 Å². The summed E-state index contributed by atoms with van der Waals surface area (Å²) >= 11 is 9.16.